The van der Waals surface area contributed by atoms with Crippen LogP contribution in [0.4, 0.5) is 10.1 Å². The van der Waals surface area contributed by atoms with E-state index < -0.39 is 0 Å². The van der Waals surface area contributed by atoms with Crippen LogP contribution >= 0.6 is 0 Å². The predicted molar refractivity (Wildman–Crippen MR) is 61.8 cm³/mol. The minimum atomic E-state index is -0.241. The number of halogens is 1. The Bertz CT molecular complexity index is 439. The highest BCUT2D eigenvalue weighted by molar-refractivity contribution is 5.48. The van der Waals surface area contributed by atoms with Crippen molar-refractivity contribution in [2.75, 3.05) is 5.32 Å². The Morgan fingerprint density at radius 2 is 1.88 bits per heavy atom. The van der Waals surface area contributed by atoms with E-state index in [1.54, 1.807) is 24.3 Å². The highest BCUT2D eigenvalue weighted by atomic mass is 19.1. The van der Waals surface area contributed by atoms with Gasteiger partial charge in [0.2, 0.25) is 0 Å². The molecule has 2 aromatic carbocycles. The standard InChI is InChI=1S/C13H12FNO/c14-11-4-1-3-10(7-11)9-15-12-5-2-6-13(16)8-12/h1-8,15-16H,9H2. The molecule has 0 amide bonds. The fourth-order valence-corrected chi connectivity index (χ4v) is 1.47. The number of rotatable bonds is 3. The van der Waals surface area contributed by atoms with E-state index in [-0.39, 0.29) is 11.6 Å². The Kier molecular flexibility index (Phi) is 3.05. The number of phenolic OH excluding ortho intramolecular Hbond substituents is 1. The minimum Gasteiger partial charge on any atom is -0.508 e. The number of aromatic hydroxyl groups is 1. The lowest BCUT2D eigenvalue weighted by Crippen LogP contribution is -1.99. The van der Waals surface area contributed by atoms with E-state index in [9.17, 15) is 9.50 Å². The van der Waals surface area contributed by atoms with E-state index in [1.165, 1.54) is 12.1 Å². The summed E-state index contributed by atoms with van der Waals surface area (Å²) >= 11 is 0. The van der Waals surface area contributed by atoms with Crippen molar-refractivity contribution in [2.45, 2.75) is 6.54 Å². The molecule has 0 unspecified atom stereocenters. The summed E-state index contributed by atoms with van der Waals surface area (Å²) in [4.78, 5) is 0. The van der Waals surface area contributed by atoms with Crippen LogP contribution in [0.25, 0.3) is 0 Å². The van der Waals surface area contributed by atoms with Gasteiger partial charge in [0.25, 0.3) is 0 Å². The molecule has 0 spiro atoms. The predicted octanol–water partition coefficient (Wildman–Crippen LogP) is 3.14. The molecule has 0 heterocycles. The fourth-order valence-electron chi connectivity index (χ4n) is 1.47. The molecule has 16 heavy (non-hydrogen) atoms. The van der Waals surface area contributed by atoms with Crippen molar-refractivity contribution in [2.24, 2.45) is 0 Å². The van der Waals surface area contributed by atoms with Crippen molar-refractivity contribution in [1.82, 2.24) is 0 Å². The average molecular weight is 217 g/mol. The Morgan fingerprint density at radius 3 is 2.62 bits per heavy atom. The molecule has 0 saturated carbocycles. The van der Waals surface area contributed by atoms with Crippen LogP contribution in [-0.2, 0) is 6.54 Å². The fraction of sp³-hybridized carbons (Fsp3) is 0.0769. The Morgan fingerprint density at radius 1 is 1.06 bits per heavy atom. The van der Waals surface area contributed by atoms with Crippen LogP contribution in [0, 0.1) is 5.82 Å². The summed E-state index contributed by atoms with van der Waals surface area (Å²) in [6, 6.07) is 13.2. The van der Waals surface area contributed by atoms with Crippen LogP contribution in [0.3, 0.4) is 0 Å². The first-order valence-electron chi connectivity index (χ1n) is 5.01. The first-order chi connectivity index (χ1) is 7.74. The molecular weight excluding hydrogens is 205 g/mol. The minimum absolute atomic E-state index is 0.212. The average Bonchev–Trinajstić information content (AvgIpc) is 2.27. The van der Waals surface area contributed by atoms with Gasteiger partial charge in [0.15, 0.2) is 0 Å². The summed E-state index contributed by atoms with van der Waals surface area (Å²) in [5, 5.41) is 12.4. The molecule has 0 saturated heterocycles. The number of hydrogen-bond donors (Lipinski definition) is 2. The molecule has 0 atom stereocenters. The first kappa shape index (κ1) is 10.5. The second-order valence-corrected chi connectivity index (χ2v) is 3.53. The summed E-state index contributed by atoms with van der Waals surface area (Å²) in [6.07, 6.45) is 0. The molecule has 2 aromatic rings. The number of benzene rings is 2. The zero-order valence-corrected chi connectivity index (χ0v) is 8.65. The summed E-state index contributed by atoms with van der Waals surface area (Å²) in [5.74, 6) is -0.0283. The zero-order valence-electron chi connectivity index (χ0n) is 8.65. The lowest BCUT2D eigenvalue weighted by Gasteiger charge is -2.06. The number of anilines is 1. The van der Waals surface area contributed by atoms with Gasteiger partial charge in [0, 0.05) is 18.3 Å². The van der Waals surface area contributed by atoms with Gasteiger partial charge in [-0.1, -0.05) is 18.2 Å². The summed E-state index contributed by atoms with van der Waals surface area (Å²) in [5.41, 5.74) is 1.67. The van der Waals surface area contributed by atoms with Crippen LogP contribution in [0.15, 0.2) is 48.5 Å². The summed E-state index contributed by atoms with van der Waals surface area (Å²) in [7, 11) is 0. The van der Waals surface area contributed by atoms with Gasteiger partial charge in [0.05, 0.1) is 0 Å². The normalized spacial score (nSPS) is 10.1. The molecule has 0 aromatic heterocycles. The topological polar surface area (TPSA) is 32.3 Å². The van der Waals surface area contributed by atoms with E-state index in [4.69, 9.17) is 0 Å². The summed E-state index contributed by atoms with van der Waals surface area (Å²) in [6.45, 7) is 0.529. The maximum Gasteiger partial charge on any atom is 0.123 e. The third-order valence-corrected chi connectivity index (χ3v) is 2.23. The van der Waals surface area contributed by atoms with Crippen LogP contribution in [0.5, 0.6) is 5.75 Å². The highest BCUT2D eigenvalue weighted by Crippen LogP contribution is 2.16. The van der Waals surface area contributed by atoms with Crippen molar-refractivity contribution >= 4 is 5.69 Å². The molecule has 0 fully saturated rings. The number of phenols is 1. The Balaban J connectivity index is 2.02. The maximum absolute atomic E-state index is 12.9. The molecule has 0 aliphatic rings. The molecule has 2 rings (SSSR count). The molecule has 2 nitrogen and oxygen atoms in total. The second kappa shape index (κ2) is 4.66. The van der Waals surface area contributed by atoms with E-state index in [0.29, 0.717) is 6.54 Å². The molecule has 0 aliphatic heterocycles. The molecule has 82 valence electrons. The number of nitrogens with one attached hydrogen (secondary N) is 1. The highest BCUT2D eigenvalue weighted by Gasteiger charge is 1.96. The molecular formula is C13H12FNO. The van der Waals surface area contributed by atoms with Gasteiger partial charge in [0.1, 0.15) is 11.6 Å². The quantitative estimate of drug-likeness (QED) is 0.827. The van der Waals surface area contributed by atoms with Crippen molar-refractivity contribution in [3.05, 3.63) is 59.9 Å². The van der Waals surface area contributed by atoms with Crippen LogP contribution < -0.4 is 5.32 Å². The van der Waals surface area contributed by atoms with Crippen molar-refractivity contribution in [3.8, 4) is 5.75 Å². The maximum atomic E-state index is 12.9. The van der Waals surface area contributed by atoms with Crippen LogP contribution in [-0.4, -0.2) is 5.11 Å². The molecule has 0 aliphatic carbocycles. The van der Waals surface area contributed by atoms with E-state index in [0.717, 1.165) is 11.3 Å². The molecule has 0 bridgehead atoms. The molecule has 3 heteroatoms. The largest absolute Gasteiger partial charge is 0.508 e. The van der Waals surface area contributed by atoms with E-state index in [2.05, 4.69) is 5.32 Å². The van der Waals surface area contributed by atoms with Crippen LogP contribution in [0.1, 0.15) is 5.56 Å². The van der Waals surface area contributed by atoms with Crippen LogP contribution in [0.2, 0.25) is 0 Å². The monoisotopic (exact) mass is 217 g/mol. The van der Waals surface area contributed by atoms with Gasteiger partial charge in [-0.15, -0.1) is 0 Å². The second-order valence-electron chi connectivity index (χ2n) is 3.53. The van der Waals surface area contributed by atoms with Gasteiger partial charge < -0.3 is 10.4 Å². The third-order valence-electron chi connectivity index (χ3n) is 2.23. The third kappa shape index (κ3) is 2.73. The zero-order chi connectivity index (χ0) is 11.4. The van der Waals surface area contributed by atoms with Crippen molar-refractivity contribution in [3.63, 3.8) is 0 Å². The Labute approximate surface area is 93.4 Å². The van der Waals surface area contributed by atoms with Crippen molar-refractivity contribution in [1.29, 1.82) is 0 Å². The Hall–Kier alpha value is -2.03. The molecule has 0 radical (unpaired) electrons. The van der Waals surface area contributed by atoms with E-state index >= 15 is 0 Å². The SMILES string of the molecule is Oc1cccc(NCc2cccc(F)c2)c1. The van der Waals surface area contributed by atoms with Gasteiger partial charge >= 0.3 is 0 Å². The first-order valence-corrected chi connectivity index (χ1v) is 5.01. The van der Waals surface area contributed by atoms with Gasteiger partial charge in [-0.05, 0) is 29.8 Å². The lowest BCUT2D eigenvalue weighted by atomic mass is 10.2. The van der Waals surface area contributed by atoms with Crippen molar-refractivity contribution < 1.29 is 9.50 Å². The van der Waals surface area contributed by atoms with E-state index in [1.807, 2.05) is 12.1 Å². The molecule has 2 N–H and O–H groups in total. The van der Waals surface area contributed by atoms with Gasteiger partial charge in [-0.3, -0.25) is 0 Å². The van der Waals surface area contributed by atoms with Gasteiger partial charge in [-0.2, -0.15) is 0 Å². The van der Waals surface area contributed by atoms with Gasteiger partial charge in [-0.25, -0.2) is 4.39 Å². The summed E-state index contributed by atoms with van der Waals surface area (Å²) < 4.78 is 12.9. The lowest BCUT2D eigenvalue weighted by molar-refractivity contribution is 0.475. The number of hydrogen-bond acceptors (Lipinski definition) is 2. The smallest absolute Gasteiger partial charge is 0.123 e.